The summed E-state index contributed by atoms with van der Waals surface area (Å²) in [7, 11) is 1.33. The van der Waals surface area contributed by atoms with E-state index in [1.165, 1.54) is 23.8 Å². The molecule has 1 aliphatic rings. The lowest BCUT2D eigenvalue weighted by Gasteiger charge is -2.15. The van der Waals surface area contributed by atoms with Gasteiger partial charge in [-0.05, 0) is 57.9 Å². The van der Waals surface area contributed by atoms with Crippen molar-refractivity contribution < 1.29 is 14.3 Å². The molecule has 4 nitrogen and oxygen atoms in total. The van der Waals surface area contributed by atoms with Crippen molar-refractivity contribution in [2.45, 2.75) is 0 Å². The average Bonchev–Trinajstić information content (AvgIpc) is 2.91. The first-order valence-corrected chi connectivity index (χ1v) is 9.71. The van der Waals surface area contributed by atoms with Crippen molar-refractivity contribution in [3.8, 4) is 0 Å². The predicted octanol–water partition coefficient (Wildman–Crippen LogP) is 5.29. The van der Waals surface area contributed by atoms with Crippen LogP contribution in [0.1, 0.15) is 15.9 Å². The maximum absolute atomic E-state index is 12.8. The third kappa shape index (κ3) is 3.86. The molecule has 0 aliphatic carbocycles. The van der Waals surface area contributed by atoms with E-state index in [0.717, 1.165) is 10.0 Å². The average molecular weight is 469 g/mol. The number of thioether (sulfide) groups is 1. The first kappa shape index (κ1) is 19.1. The summed E-state index contributed by atoms with van der Waals surface area (Å²) in [6, 6.07) is 12.0. The van der Waals surface area contributed by atoms with Crippen LogP contribution in [0.25, 0.3) is 6.08 Å². The van der Waals surface area contributed by atoms with E-state index in [1.54, 1.807) is 48.5 Å². The first-order valence-electron chi connectivity index (χ1n) is 7.32. The molecule has 0 radical (unpaired) electrons. The Bertz CT molecular complexity index is 944. The van der Waals surface area contributed by atoms with E-state index in [1.807, 2.05) is 0 Å². The van der Waals surface area contributed by atoms with Crippen LogP contribution >= 0.6 is 51.5 Å². The summed E-state index contributed by atoms with van der Waals surface area (Å²) in [5.41, 5.74) is 1.85. The molecule has 132 valence electrons. The summed E-state index contributed by atoms with van der Waals surface area (Å²) in [5.74, 6) is -0.620. The fourth-order valence-electron chi connectivity index (χ4n) is 2.30. The number of carbonyl (C=O) groups excluding carboxylic acids is 2. The minimum absolute atomic E-state index is 0.213. The molecule has 1 fully saturated rings. The Labute approximate surface area is 173 Å². The van der Waals surface area contributed by atoms with Crippen molar-refractivity contribution in [3.63, 3.8) is 0 Å². The Kier molecular flexibility index (Phi) is 5.82. The summed E-state index contributed by atoms with van der Waals surface area (Å²) in [5, 5.41) is 0.499. The van der Waals surface area contributed by atoms with E-state index in [4.69, 9.17) is 23.8 Å². The molecule has 26 heavy (non-hydrogen) atoms. The molecule has 3 rings (SSSR count). The molecule has 0 bridgehead atoms. The van der Waals surface area contributed by atoms with Crippen molar-refractivity contribution in [1.82, 2.24) is 0 Å². The van der Waals surface area contributed by atoms with Crippen molar-refractivity contribution in [3.05, 3.63) is 68.0 Å². The second kappa shape index (κ2) is 7.92. The van der Waals surface area contributed by atoms with Crippen LogP contribution in [-0.2, 0) is 9.53 Å². The molecule has 1 saturated heterocycles. The minimum atomic E-state index is -0.407. The summed E-state index contributed by atoms with van der Waals surface area (Å²) in [6.07, 6.45) is 1.74. The molecule has 2 aromatic carbocycles. The molecular weight excluding hydrogens is 458 g/mol. The highest BCUT2D eigenvalue weighted by molar-refractivity contribution is 9.10. The van der Waals surface area contributed by atoms with Gasteiger partial charge in [0.1, 0.15) is 0 Å². The van der Waals surface area contributed by atoms with Gasteiger partial charge in [0.15, 0.2) is 4.32 Å². The van der Waals surface area contributed by atoms with Crippen molar-refractivity contribution >= 4 is 79.5 Å². The van der Waals surface area contributed by atoms with Gasteiger partial charge in [0.25, 0.3) is 5.91 Å². The van der Waals surface area contributed by atoms with Crippen LogP contribution in [0, 0.1) is 0 Å². The zero-order chi connectivity index (χ0) is 18.8. The maximum atomic E-state index is 12.8. The van der Waals surface area contributed by atoms with Crippen LogP contribution in [0.5, 0.6) is 0 Å². The fourth-order valence-corrected chi connectivity index (χ4v) is 4.02. The van der Waals surface area contributed by atoms with E-state index >= 15 is 0 Å². The Morgan fingerprint density at radius 1 is 1.27 bits per heavy atom. The Morgan fingerprint density at radius 2 is 1.96 bits per heavy atom. The lowest BCUT2D eigenvalue weighted by molar-refractivity contribution is -0.113. The number of ether oxygens (including phenoxy) is 1. The monoisotopic (exact) mass is 467 g/mol. The van der Waals surface area contributed by atoms with Gasteiger partial charge in [-0.2, -0.15) is 0 Å². The van der Waals surface area contributed by atoms with Gasteiger partial charge in [-0.1, -0.05) is 47.7 Å². The number of methoxy groups -OCH3 is 1. The largest absolute Gasteiger partial charge is 0.465 e. The summed E-state index contributed by atoms with van der Waals surface area (Å²) < 4.78 is 5.85. The van der Waals surface area contributed by atoms with E-state index in [0.29, 0.717) is 25.5 Å². The van der Waals surface area contributed by atoms with Crippen LogP contribution in [0.2, 0.25) is 5.02 Å². The zero-order valence-corrected chi connectivity index (χ0v) is 17.3. The highest BCUT2D eigenvalue weighted by Gasteiger charge is 2.33. The Balaban J connectivity index is 1.87. The first-order chi connectivity index (χ1) is 12.4. The predicted molar refractivity (Wildman–Crippen MR) is 113 cm³/mol. The van der Waals surface area contributed by atoms with Gasteiger partial charge >= 0.3 is 5.97 Å². The van der Waals surface area contributed by atoms with Gasteiger partial charge in [0.05, 0.1) is 28.3 Å². The molecule has 0 atom stereocenters. The molecule has 0 saturated carbocycles. The maximum Gasteiger partial charge on any atom is 0.337 e. The lowest BCUT2D eigenvalue weighted by Crippen LogP contribution is -2.27. The second-order valence-corrected chi connectivity index (χ2v) is 8.17. The fraction of sp³-hybridized carbons (Fsp3) is 0.0556. The van der Waals surface area contributed by atoms with Crippen LogP contribution in [-0.4, -0.2) is 23.3 Å². The number of esters is 1. The smallest absolute Gasteiger partial charge is 0.337 e. The summed E-state index contributed by atoms with van der Waals surface area (Å²) in [4.78, 5) is 26.2. The van der Waals surface area contributed by atoms with Crippen LogP contribution < -0.4 is 4.90 Å². The number of carbonyl (C=O) groups is 2. The number of benzene rings is 2. The van der Waals surface area contributed by atoms with Crippen LogP contribution in [0.4, 0.5) is 5.69 Å². The molecule has 0 unspecified atom stereocenters. The van der Waals surface area contributed by atoms with Crippen molar-refractivity contribution in [2.24, 2.45) is 0 Å². The number of thiocarbonyl (C=S) groups is 1. The number of halogens is 2. The number of anilines is 1. The summed E-state index contributed by atoms with van der Waals surface area (Å²) >= 11 is 16.0. The number of hydrogen-bond acceptors (Lipinski definition) is 5. The molecular formula is C18H11BrClNO3S2. The topological polar surface area (TPSA) is 46.6 Å². The third-order valence-electron chi connectivity index (χ3n) is 3.58. The molecule has 2 aromatic rings. The summed E-state index contributed by atoms with van der Waals surface area (Å²) in [6.45, 7) is 0. The zero-order valence-electron chi connectivity index (χ0n) is 13.4. The SMILES string of the molecule is COC(=O)c1ccc(/C=C2/SC(=S)N(c3ccc(Br)c(Cl)c3)C2=O)cc1. The minimum Gasteiger partial charge on any atom is -0.465 e. The van der Waals surface area contributed by atoms with Gasteiger partial charge in [0, 0.05) is 4.47 Å². The van der Waals surface area contributed by atoms with Gasteiger partial charge in [-0.15, -0.1) is 0 Å². The third-order valence-corrected chi connectivity index (χ3v) is 6.12. The van der Waals surface area contributed by atoms with Crippen molar-refractivity contribution in [2.75, 3.05) is 12.0 Å². The molecule has 1 amide bonds. The number of rotatable bonds is 3. The highest BCUT2D eigenvalue weighted by atomic mass is 79.9. The Hall–Kier alpha value is -1.67. The number of nitrogens with zero attached hydrogens (tertiary/aromatic N) is 1. The quantitative estimate of drug-likeness (QED) is 0.348. The van der Waals surface area contributed by atoms with E-state index in [-0.39, 0.29) is 5.91 Å². The van der Waals surface area contributed by atoms with Gasteiger partial charge < -0.3 is 4.74 Å². The van der Waals surface area contributed by atoms with Crippen LogP contribution in [0.3, 0.4) is 0 Å². The van der Waals surface area contributed by atoms with Crippen LogP contribution in [0.15, 0.2) is 51.8 Å². The number of hydrogen-bond donors (Lipinski definition) is 0. The van der Waals surface area contributed by atoms with Crippen molar-refractivity contribution in [1.29, 1.82) is 0 Å². The van der Waals surface area contributed by atoms with E-state index in [2.05, 4.69) is 20.7 Å². The molecule has 0 spiro atoms. The van der Waals surface area contributed by atoms with Gasteiger partial charge in [-0.3, -0.25) is 9.69 Å². The molecule has 0 aromatic heterocycles. The number of amides is 1. The standard InChI is InChI=1S/C18H11BrClNO3S2/c1-24-17(23)11-4-2-10(3-5-11)8-15-16(22)21(18(25)26-15)12-6-7-13(19)14(20)9-12/h2-9H,1H3/b15-8+. The van der Waals surface area contributed by atoms with Gasteiger partial charge in [-0.25, -0.2) is 4.79 Å². The molecule has 1 heterocycles. The normalized spacial score (nSPS) is 15.7. The molecule has 0 N–H and O–H groups in total. The Morgan fingerprint density at radius 3 is 2.58 bits per heavy atom. The molecule has 1 aliphatic heterocycles. The molecule has 8 heteroatoms. The van der Waals surface area contributed by atoms with E-state index in [9.17, 15) is 9.59 Å². The second-order valence-electron chi connectivity index (χ2n) is 5.23. The lowest BCUT2D eigenvalue weighted by atomic mass is 10.1. The van der Waals surface area contributed by atoms with E-state index < -0.39 is 5.97 Å². The van der Waals surface area contributed by atoms with Gasteiger partial charge in [0.2, 0.25) is 0 Å². The highest BCUT2D eigenvalue weighted by Crippen LogP contribution is 2.38.